The van der Waals surface area contributed by atoms with Gasteiger partial charge < -0.3 is 16.2 Å². The number of carbonyl (C=O) groups is 1. The van der Waals surface area contributed by atoms with Crippen molar-refractivity contribution in [1.29, 1.82) is 0 Å². The largest absolute Gasteiger partial charge is 0.438 e. The van der Waals surface area contributed by atoms with Gasteiger partial charge in [0, 0.05) is 29.6 Å². The average molecular weight is 409 g/mol. The second-order valence-corrected chi connectivity index (χ2v) is 7.92. The number of benzene rings is 3. The summed E-state index contributed by atoms with van der Waals surface area (Å²) >= 11 is 0. The van der Waals surface area contributed by atoms with Gasteiger partial charge in [-0.1, -0.05) is 54.6 Å². The molecule has 1 amide bonds. The number of hydrogen-bond acceptors (Lipinski definition) is 4. The quantitative estimate of drug-likeness (QED) is 0.493. The highest BCUT2D eigenvalue weighted by molar-refractivity contribution is 5.93. The molecule has 1 aromatic heterocycles. The van der Waals surface area contributed by atoms with Gasteiger partial charge in [-0.2, -0.15) is 0 Å². The van der Waals surface area contributed by atoms with Crippen LogP contribution in [0.15, 0.2) is 79.0 Å². The van der Waals surface area contributed by atoms with Crippen molar-refractivity contribution in [3.8, 4) is 11.6 Å². The number of fused-ring (bicyclic) bond motifs is 2. The fourth-order valence-corrected chi connectivity index (χ4v) is 4.56. The number of nitrogens with zero attached hydrogens (tertiary/aromatic N) is 1. The zero-order chi connectivity index (χ0) is 21.4. The molecule has 1 aliphatic carbocycles. The third-order valence-corrected chi connectivity index (χ3v) is 6.12. The molecule has 0 saturated heterocycles. The van der Waals surface area contributed by atoms with Crippen LogP contribution in [0.2, 0.25) is 0 Å². The number of ether oxygens (including phenoxy) is 1. The topological polar surface area (TPSA) is 91.2 Å². The molecule has 0 aliphatic heterocycles. The van der Waals surface area contributed by atoms with E-state index in [2.05, 4.69) is 41.4 Å². The summed E-state index contributed by atoms with van der Waals surface area (Å²) in [5, 5.41) is 2.05. The molecule has 4 N–H and O–H groups in total. The van der Waals surface area contributed by atoms with E-state index in [0.29, 0.717) is 23.1 Å². The lowest BCUT2D eigenvalue weighted by atomic mass is 9.86. The molecule has 0 fully saturated rings. The highest BCUT2D eigenvalue weighted by Gasteiger charge is 2.29. The number of amides is 1. The van der Waals surface area contributed by atoms with Crippen LogP contribution in [-0.2, 0) is 6.42 Å². The first-order valence-electron chi connectivity index (χ1n) is 10.4. The summed E-state index contributed by atoms with van der Waals surface area (Å²) in [6, 6.07) is 23.9. The fourth-order valence-electron chi connectivity index (χ4n) is 4.56. The van der Waals surface area contributed by atoms with Crippen molar-refractivity contribution in [3.05, 3.63) is 101 Å². The van der Waals surface area contributed by atoms with Crippen molar-refractivity contribution in [3.63, 3.8) is 0 Å². The molecule has 1 heterocycles. The number of hydrogen-bond donors (Lipinski definition) is 2. The average Bonchev–Trinajstić information content (AvgIpc) is 3.23. The Morgan fingerprint density at radius 3 is 2.58 bits per heavy atom. The van der Waals surface area contributed by atoms with E-state index in [1.54, 1.807) is 12.1 Å². The molecule has 5 nitrogen and oxygen atoms in total. The zero-order valence-electron chi connectivity index (χ0n) is 17.0. The van der Waals surface area contributed by atoms with Crippen molar-refractivity contribution < 1.29 is 9.53 Å². The van der Waals surface area contributed by atoms with E-state index in [1.807, 2.05) is 24.3 Å². The first kappa shape index (κ1) is 19.3. The van der Waals surface area contributed by atoms with Crippen LogP contribution in [0.4, 0.5) is 0 Å². The van der Waals surface area contributed by atoms with Crippen LogP contribution in [0.1, 0.15) is 45.4 Å². The van der Waals surface area contributed by atoms with Crippen LogP contribution in [0, 0.1) is 0 Å². The van der Waals surface area contributed by atoms with Gasteiger partial charge in [0.2, 0.25) is 11.8 Å². The van der Waals surface area contributed by atoms with Crippen molar-refractivity contribution in [1.82, 2.24) is 4.98 Å². The summed E-state index contributed by atoms with van der Waals surface area (Å²) in [5.74, 6) is 0.875. The minimum atomic E-state index is -0.517. The smallest absolute Gasteiger partial charge is 0.250 e. The SMILES string of the molecule is NC(=O)c1ccc(Oc2cccc3c(C(N)C4CCc5ccccc54)cccc23)nc1. The Balaban J connectivity index is 1.50. The highest BCUT2D eigenvalue weighted by atomic mass is 16.5. The van der Waals surface area contributed by atoms with Gasteiger partial charge in [-0.3, -0.25) is 4.79 Å². The van der Waals surface area contributed by atoms with E-state index < -0.39 is 5.91 Å². The van der Waals surface area contributed by atoms with Gasteiger partial charge in [0.05, 0.1) is 5.56 Å². The number of carbonyl (C=O) groups excluding carboxylic acids is 1. The highest BCUT2D eigenvalue weighted by Crippen LogP contribution is 2.43. The summed E-state index contributed by atoms with van der Waals surface area (Å²) in [5.41, 5.74) is 16.3. The molecule has 5 rings (SSSR count). The summed E-state index contributed by atoms with van der Waals surface area (Å²) in [6.45, 7) is 0. The lowest BCUT2D eigenvalue weighted by Gasteiger charge is -2.23. The summed E-state index contributed by atoms with van der Waals surface area (Å²) in [7, 11) is 0. The fraction of sp³-hybridized carbons (Fsp3) is 0.154. The zero-order valence-corrected chi connectivity index (χ0v) is 17.0. The molecule has 154 valence electrons. The predicted molar refractivity (Wildman–Crippen MR) is 121 cm³/mol. The monoisotopic (exact) mass is 409 g/mol. The van der Waals surface area contributed by atoms with Gasteiger partial charge in [0.15, 0.2) is 0 Å². The van der Waals surface area contributed by atoms with Crippen molar-refractivity contribution in [2.24, 2.45) is 11.5 Å². The molecular weight excluding hydrogens is 386 g/mol. The second-order valence-electron chi connectivity index (χ2n) is 7.92. The third-order valence-electron chi connectivity index (χ3n) is 6.12. The van der Waals surface area contributed by atoms with Gasteiger partial charge in [0.1, 0.15) is 5.75 Å². The Morgan fingerprint density at radius 2 is 1.77 bits per heavy atom. The first-order valence-corrected chi connectivity index (χ1v) is 10.4. The summed E-state index contributed by atoms with van der Waals surface area (Å²) in [6.07, 6.45) is 3.55. The van der Waals surface area contributed by atoms with Gasteiger partial charge in [0.25, 0.3) is 0 Å². The molecule has 1 aliphatic rings. The molecule has 2 unspecified atom stereocenters. The Morgan fingerprint density at radius 1 is 0.968 bits per heavy atom. The normalized spacial score (nSPS) is 16.1. The van der Waals surface area contributed by atoms with E-state index in [9.17, 15) is 4.79 Å². The van der Waals surface area contributed by atoms with Crippen LogP contribution in [0.5, 0.6) is 11.6 Å². The summed E-state index contributed by atoms with van der Waals surface area (Å²) in [4.78, 5) is 15.5. The van der Waals surface area contributed by atoms with E-state index >= 15 is 0 Å². The molecule has 2 atom stereocenters. The molecule has 31 heavy (non-hydrogen) atoms. The number of pyridine rings is 1. The lowest BCUT2D eigenvalue weighted by molar-refractivity contribution is 0.1000. The number of aryl methyl sites for hydroxylation is 1. The molecule has 0 bridgehead atoms. The number of primary amides is 1. The molecule has 0 spiro atoms. The van der Waals surface area contributed by atoms with Crippen LogP contribution >= 0.6 is 0 Å². The van der Waals surface area contributed by atoms with Gasteiger partial charge in [-0.25, -0.2) is 4.98 Å². The molecule has 3 aromatic carbocycles. The van der Waals surface area contributed by atoms with Crippen molar-refractivity contribution in [2.45, 2.75) is 24.8 Å². The number of aromatic nitrogens is 1. The summed E-state index contributed by atoms with van der Waals surface area (Å²) < 4.78 is 6.04. The van der Waals surface area contributed by atoms with Gasteiger partial charge in [-0.15, -0.1) is 0 Å². The molecular formula is C26H23N3O2. The van der Waals surface area contributed by atoms with Crippen LogP contribution in [-0.4, -0.2) is 10.9 Å². The minimum Gasteiger partial charge on any atom is -0.438 e. The first-order chi connectivity index (χ1) is 15.1. The number of nitrogens with two attached hydrogens (primary N) is 2. The Hall–Kier alpha value is -3.70. The van der Waals surface area contributed by atoms with E-state index in [1.165, 1.54) is 17.3 Å². The second kappa shape index (κ2) is 7.85. The molecule has 4 aromatic rings. The van der Waals surface area contributed by atoms with E-state index in [-0.39, 0.29) is 6.04 Å². The maximum Gasteiger partial charge on any atom is 0.250 e. The lowest BCUT2D eigenvalue weighted by Crippen LogP contribution is -2.18. The van der Waals surface area contributed by atoms with E-state index in [0.717, 1.165) is 29.2 Å². The Labute approximate surface area is 180 Å². The van der Waals surface area contributed by atoms with Gasteiger partial charge in [-0.05, 0) is 47.1 Å². The Bertz CT molecular complexity index is 1270. The third kappa shape index (κ3) is 3.53. The van der Waals surface area contributed by atoms with Crippen LogP contribution in [0.25, 0.3) is 10.8 Å². The van der Waals surface area contributed by atoms with Crippen molar-refractivity contribution >= 4 is 16.7 Å². The van der Waals surface area contributed by atoms with Crippen LogP contribution in [0.3, 0.4) is 0 Å². The standard InChI is InChI=1S/C26H23N3O2/c27-25(22-13-11-16-5-1-2-6-18(16)22)21-9-3-8-20-19(21)7-4-10-23(20)31-24-14-12-17(15-29-24)26(28)30/h1-10,12,14-15,22,25H,11,13,27H2,(H2,28,30). The molecule has 0 saturated carbocycles. The number of rotatable bonds is 5. The van der Waals surface area contributed by atoms with Gasteiger partial charge >= 0.3 is 0 Å². The predicted octanol–water partition coefficient (Wildman–Crippen LogP) is 4.86. The molecule has 0 radical (unpaired) electrons. The maximum absolute atomic E-state index is 11.3. The minimum absolute atomic E-state index is 0.101. The maximum atomic E-state index is 11.3. The van der Waals surface area contributed by atoms with E-state index in [4.69, 9.17) is 16.2 Å². The van der Waals surface area contributed by atoms with Crippen LogP contribution < -0.4 is 16.2 Å². The molecule has 5 heteroatoms. The van der Waals surface area contributed by atoms with Crippen molar-refractivity contribution in [2.75, 3.05) is 0 Å². The Kier molecular flexibility index (Phi) is 4.88.